The van der Waals surface area contributed by atoms with Crippen molar-refractivity contribution in [3.05, 3.63) is 0 Å². The van der Waals surface area contributed by atoms with Crippen molar-refractivity contribution < 1.29 is 4.79 Å². The Kier molecular flexibility index (Phi) is 5.55. The van der Waals surface area contributed by atoms with Gasteiger partial charge in [0.2, 0.25) is 0 Å². The molecule has 0 aromatic carbocycles. The first kappa shape index (κ1) is 13.3. The minimum Gasteiger partial charge on any atom is -0.317 e. The highest BCUT2D eigenvalue weighted by Crippen LogP contribution is 2.36. The highest BCUT2D eigenvalue weighted by atomic mass is 16.1. The second kappa shape index (κ2) is 6.70. The lowest BCUT2D eigenvalue weighted by molar-refractivity contribution is -0.130. The van der Waals surface area contributed by atoms with Gasteiger partial charge in [0.1, 0.15) is 5.78 Å². The van der Waals surface area contributed by atoms with Crippen molar-refractivity contribution >= 4 is 5.78 Å². The van der Waals surface area contributed by atoms with E-state index in [0.29, 0.717) is 12.2 Å². The van der Waals surface area contributed by atoms with Gasteiger partial charge >= 0.3 is 0 Å². The summed E-state index contributed by atoms with van der Waals surface area (Å²) in [6.45, 7) is 4.14. The molecule has 0 unspecified atom stereocenters. The fourth-order valence-electron chi connectivity index (χ4n) is 2.67. The van der Waals surface area contributed by atoms with E-state index < -0.39 is 0 Å². The maximum atomic E-state index is 12.3. The van der Waals surface area contributed by atoms with Gasteiger partial charge < -0.3 is 5.32 Å². The molecule has 2 heteroatoms. The lowest BCUT2D eigenvalue weighted by Gasteiger charge is -2.36. The van der Waals surface area contributed by atoms with E-state index in [9.17, 15) is 4.79 Å². The van der Waals surface area contributed by atoms with E-state index in [1.54, 1.807) is 0 Å². The number of carbonyl (C=O) groups is 1. The number of hydrogen-bond donors (Lipinski definition) is 1. The summed E-state index contributed by atoms with van der Waals surface area (Å²) in [6.07, 6.45) is 11.6. The first-order chi connectivity index (χ1) is 7.75. The topological polar surface area (TPSA) is 29.1 Å². The average Bonchev–Trinajstić information content (AvgIpc) is 2.31. The van der Waals surface area contributed by atoms with Crippen LogP contribution in [0.2, 0.25) is 0 Å². The third-order valence-electron chi connectivity index (χ3n) is 3.61. The Morgan fingerprint density at radius 1 is 1.44 bits per heavy atom. The normalized spacial score (nSPS) is 19.0. The van der Waals surface area contributed by atoms with Crippen LogP contribution in [0.3, 0.4) is 0 Å². The molecule has 0 amide bonds. The molecule has 0 radical (unpaired) electrons. The number of piperidine rings is 1. The molecule has 16 heavy (non-hydrogen) atoms. The number of hydrogen-bond acceptors (Lipinski definition) is 2. The number of Topliss-reactive ketones (excluding diaryl/α,β-unsaturated/α-hetero) is 1. The number of ketones is 1. The van der Waals surface area contributed by atoms with Crippen LogP contribution >= 0.6 is 0 Å². The second-order valence-electron chi connectivity index (χ2n) is 4.76. The van der Waals surface area contributed by atoms with E-state index in [1.165, 1.54) is 0 Å². The van der Waals surface area contributed by atoms with Gasteiger partial charge in [-0.15, -0.1) is 12.3 Å². The maximum absolute atomic E-state index is 12.3. The molecular weight excluding hydrogens is 198 g/mol. The summed E-state index contributed by atoms with van der Waals surface area (Å²) in [6, 6.07) is 0. The molecule has 90 valence electrons. The van der Waals surface area contributed by atoms with Crippen LogP contribution < -0.4 is 5.32 Å². The molecular formula is C14H23NO. The molecule has 0 aromatic rings. The Bertz CT molecular complexity index is 253. The number of carbonyl (C=O) groups excluding carboxylic acids is 1. The average molecular weight is 221 g/mol. The minimum absolute atomic E-state index is 0.0331. The van der Waals surface area contributed by atoms with Crippen molar-refractivity contribution in [1.29, 1.82) is 0 Å². The van der Waals surface area contributed by atoms with E-state index in [2.05, 4.69) is 18.2 Å². The third-order valence-corrected chi connectivity index (χ3v) is 3.61. The first-order valence-corrected chi connectivity index (χ1v) is 6.42. The van der Waals surface area contributed by atoms with E-state index in [4.69, 9.17) is 6.42 Å². The van der Waals surface area contributed by atoms with Gasteiger partial charge in [-0.2, -0.15) is 0 Å². The van der Waals surface area contributed by atoms with E-state index in [0.717, 1.165) is 51.6 Å². The Morgan fingerprint density at radius 3 is 2.69 bits per heavy atom. The molecule has 1 aliphatic rings. The predicted octanol–water partition coefficient (Wildman–Crippen LogP) is 2.53. The van der Waals surface area contributed by atoms with Crippen molar-refractivity contribution in [2.45, 2.75) is 51.9 Å². The molecule has 1 saturated heterocycles. The van der Waals surface area contributed by atoms with Gasteiger partial charge in [0.05, 0.1) is 0 Å². The molecule has 0 spiro atoms. The van der Waals surface area contributed by atoms with Crippen LogP contribution in [0.25, 0.3) is 0 Å². The molecule has 0 atom stereocenters. The summed E-state index contributed by atoms with van der Waals surface area (Å²) in [5.74, 6) is 3.06. The number of terminal acetylenes is 1. The fourth-order valence-corrected chi connectivity index (χ4v) is 2.67. The Morgan fingerprint density at radius 2 is 2.12 bits per heavy atom. The molecule has 2 nitrogen and oxygen atoms in total. The van der Waals surface area contributed by atoms with Crippen LogP contribution in [-0.4, -0.2) is 18.9 Å². The molecule has 1 heterocycles. The van der Waals surface area contributed by atoms with Gasteiger partial charge in [0.25, 0.3) is 0 Å². The van der Waals surface area contributed by atoms with Crippen molar-refractivity contribution in [1.82, 2.24) is 5.32 Å². The smallest absolute Gasteiger partial charge is 0.139 e. The van der Waals surface area contributed by atoms with Gasteiger partial charge in [-0.1, -0.05) is 13.3 Å². The third kappa shape index (κ3) is 3.35. The fraction of sp³-hybridized carbons (Fsp3) is 0.786. The molecule has 1 rings (SSSR count). The largest absolute Gasteiger partial charge is 0.317 e. The highest BCUT2D eigenvalue weighted by Gasteiger charge is 2.37. The quantitative estimate of drug-likeness (QED) is 0.551. The SMILES string of the molecule is C#CCCCC(=O)C1(CCC)CCNCC1. The van der Waals surface area contributed by atoms with Gasteiger partial charge in [0, 0.05) is 18.3 Å². The Balaban J connectivity index is 2.54. The molecule has 0 saturated carbocycles. The zero-order chi connectivity index (χ0) is 11.9. The first-order valence-electron chi connectivity index (χ1n) is 6.42. The predicted molar refractivity (Wildman–Crippen MR) is 67.1 cm³/mol. The van der Waals surface area contributed by atoms with Crippen LogP contribution in [0.4, 0.5) is 0 Å². The number of nitrogens with one attached hydrogen (secondary N) is 1. The lowest BCUT2D eigenvalue weighted by atomic mass is 9.71. The van der Waals surface area contributed by atoms with E-state index in [1.807, 2.05) is 0 Å². The summed E-state index contributed by atoms with van der Waals surface area (Å²) in [5, 5.41) is 3.34. The van der Waals surface area contributed by atoms with Gasteiger partial charge in [-0.05, 0) is 38.8 Å². The van der Waals surface area contributed by atoms with E-state index in [-0.39, 0.29) is 5.41 Å². The highest BCUT2D eigenvalue weighted by molar-refractivity contribution is 5.85. The van der Waals surface area contributed by atoms with Crippen molar-refractivity contribution in [2.75, 3.05) is 13.1 Å². The monoisotopic (exact) mass is 221 g/mol. The van der Waals surface area contributed by atoms with Crippen LogP contribution in [0, 0.1) is 17.8 Å². The summed E-state index contributed by atoms with van der Waals surface area (Å²) >= 11 is 0. The molecule has 0 bridgehead atoms. The van der Waals surface area contributed by atoms with Crippen LogP contribution in [0.5, 0.6) is 0 Å². The summed E-state index contributed by atoms with van der Waals surface area (Å²) in [5.41, 5.74) is -0.0331. The van der Waals surface area contributed by atoms with Crippen LogP contribution in [-0.2, 0) is 4.79 Å². The van der Waals surface area contributed by atoms with Gasteiger partial charge in [-0.3, -0.25) is 4.79 Å². The van der Waals surface area contributed by atoms with Crippen molar-refractivity contribution in [3.63, 3.8) is 0 Å². The minimum atomic E-state index is -0.0331. The van der Waals surface area contributed by atoms with Crippen LogP contribution in [0.1, 0.15) is 51.9 Å². The Hall–Kier alpha value is -0.810. The summed E-state index contributed by atoms with van der Waals surface area (Å²) in [4.78, 5) is 12.3. The maximum Gasteiger partial charge on any atom is 0.139 e. The van der Waals surface area contributed by atoms with E-state index >= 15 is 0 Å². The number of unbranched alkanes of at least 4 members (excludes halogenated alkanes) is 1. The summed E-state index contributed by atoms with van der Waals surface area (Å²) < 4.78 is 0. The van der Waals surface area contributed by atoms with Crippen molar-refractivity contribution in [3.8, 4) is 12.3 Å². The van der Waals surface area contributed by atoms with Gasteiger partial charge in [-0.25, -0.2) is 0 Å². The zero-order valence-corrected chi connectivity index (χ0v) is 10.3. The van der Waals surface area contributed by atoms with Crippen molar-refractivity contribution in [2.24, 2.45) is 5.41 Å². The molecule has 0 aliphatic carbocycles. The number of rotatable bonds is 6. The molecule has 1 aliphatic heterocycles. The van der Waals surface area contributed by atoms with Crippen LogP contribution in [0.15, 0.2) is 0 Å². The van der Waals surface area contributed by atoms with Gasteiger partial charge in [0.15, 0.2) is 0 Å². The Labute approximate surface area is 99.2 Å². The lowest BCUT2D eigenvalue weighted by Crippen LogP contribution is -2.42. The zero-order valence-electron chi connectivity index (χ0n) is 10.3. The summed E-state index contributed by atoms with van der Waals surface area (Å²) in [7, 11) is 0. The molecule has 0 aromatic heterocycles. The standard InChI is InChI=1S/C14H23NO/c1-3-5-6-7-13(16)14(8-4-2)9-11-15-12-10-14/h1,15H,4-12H2,2H3. The molecule has 1 fully saturated rings. The second-order valence-corrected chi connectivity index (χ2v) is 4.76. The molecule has 1 N–H and O–H groups in total.